The second kappa shape index (κ2) is 5.29. The van der Waals surface area contributed by atoms with Crippen LogP contribution in [0.4, 0.5) is 0 Å². The molecule has 0 aliphatic carbocycles. The molecule has 0 bridgehead atoms. The lowest BCUT2D eigenvalue weighted by atomic mass is 10.1. The Labute approximate surface area is 115 Å². The van der Waals surface area contributed by atoms with Crippen LogP contribution in [-0.2, 0) is 0 Å². The Bertz CT molecular complexity index is 549. The first-order valence-corrected chi connectivity index (χ1v) is 7.17. The van der Waals surface area contributed by atoms with Crippen molar-refractivity contribution in [2.24, 2.45) is 0 Å². The zero-order valence-corrected chi connectivity index (χ0v) is 11.7. The van der Waals surface area contributed by atoms with E-state index >= 15 is 0 Å². The van der Waals surface area contributed by atoms with Crippen LogP contribution in [0.3, 0.4) is 0 Å². The number of halogens is 1. The van der Waals surface area contributed by atoms with Crippen molar-refractivity contribution in [3.63, 3.8) is 0 Å². The molecule has 0 amide bonds. The van der Waals surface area contributed by atoms with Gasteiger partial charge in [0.2, 0.25) is 0 Å². The molecule has 0 aromatic heterocycles. The van der Waals surface area contributed by atoms with Crippen LogP contribution in [0.2, 0.25) is 0 Å². The van der Waals surface area contributed by atoms with E-state index in [2.05, 4.69) is 57.6 Å². The highest BCUT2D eigenvalue weighted by Crippen LogP contribution is 2.25. The predicted octanol–water partition coefficient (Wildman–Crippen LogP) is 3.73. The molecule has 94 valence electrons. The molecule has 1 N–H and O–H groups in total. The molecular weight excluding hydrogens is 290 g/mol. The third kappa shape index (κ3) is 2.68. The van der Waals surface area contributed by atoms with Gasteiger partial charge in [0.25, 0.3) is 0 Å². The van der Waals surface area contributed by atoms with E-state index in [0.29, 0.717) is 6.10 Å². The molecule has 3 rings (SSSR count). The lowest BCUT2D eigenvalue weighted by molar-refractivity contribution is 0.167. The summed E-state index contributed by atoms with van der Waals surface area (Å²) in [5.74, 6) is 0.971. The molecule has 0 spiro atoms. The van der Waals surface area contributed by atoms with Crippen LogP contribution >= 0.6 is 15.9 Å². The highest BCUT2D eigenvalue weighted by molar-refractivity contribution is 9.10. The second-order valence-electron chi connectivity index (χ2n) is 4.74. The summed E-state index contributed by atoms with van der Waals surface area (Å²) in [6.45, 7) is 2.07. The van der Waals surface area contributed by atoms with E-state index in [9.17, 15) is 0 Å². The molecule has 1 atom stereocenters. The van der Waals surface area contributed by atoms with E-state index in [1.54, 1.807) is 0 Å². The molecule has 2 nitrogen and oxygen atoms in total. The molecule has 1 heterocycles. The summed E-state index contributed by atoms with van der Waals surface area (Å²) in [6, 6.07) is 12.6. The first-order valence-electron chi connectivity index (χ1n) is 6.38. The molecular formula is C15H16BrNO. The molecule has 1 saturated heterocycles. The van der Waals surface area contributed by atoms with Crippen molar-refractivity contribution in [1.82, 2.24) is 5.32 Å². The summed E-state index contributed by atoms with van der Waals surface area (Å²) in [5, 5.41) is 5.82. The number of rotatable bonds is 2. The smallest absolute Gasteiger partial charge is 0.120 e. The second-order valence-corrected chi connectivity index (χ2v) is 5.66. The maximum absolute atomic E-state index is 6.02. The average molecular weight is 306 g/mol. The highest BCUT2D eigenvalue weighted by atomic mass is 79.9. The fourth-order valence-corrected chi connectivity index (χ4v) is 2.76. The van der Waals surface area contributed by atoms with Gasteiger partial charge in [-0.25, -0.2) is 0 Å². The van der Waals surface area contributed by atoms with Gasteiger partial charge in [-0.15, -0.1) is 0 Å². The third-order valence-electron chi connectivity index (χ3n) is 3.33. The third-order valence-corrected chi connectivity index (χ3v) is 3.82. The lowest BCUT2D eigenvalue weighted by Gasteiger charge is -2.24. The Kier molecular flexibility index (Phi) is 3.52. The normalized spacial score (nSPS) is 19.9. The van der Waals surface area contributed by atoms with Crippen LogP contribution in [0.5, 0.6) is 5.75 Å². The summed E-state index contributed by atoms with van der Waals surface area (Å²) in [4.78, 5) is 0. The monoisotopic (exact) mass is 305 g/mol. The Morgan fingerprint density at radius 1 is 1.11 bits per heavy atom. The van der Waals surface area contributed by atoms with E-state index in [0.717, 1.165) is 29.7 Å². The first kappa shape index (κ1) is 12.0. The fourth-order valence-electron chi connectivity index (χ4n) is 2.38. The predicted molar refractivity (Wildman–Crippen MR) is 78.2 cm³/mol. The fraction of sp³-hybridized carbons (Fsp3) is 0.333. The van der Waals surface area contributed by atoms with Crippen LogP contribution in [0.15, 0.2) is 40.9 Å². The maximum atomic E-state index is 6.02. The maximum Gasteiger partial charge on any atom is 0.120 e. The van der Waals surface area contributed by atoms with Crippen molar-refractivity contribution in [2.75, 3.05) is 13.1 Å². The van der Waals surface area contributed by atoms with Gasteiger partial charge in [0.05, 0.1) is 0 Å². The zero-order valence-electron chi connectivity index (χ0n) is 10.2. The van der Waals surface area contributed by atoms with Crippen molar-refractivity contribution in [1.29, 1.82) is 0 Å². The van der Waals surface area contributed by atoms with Gasteiger partial charge >= 0.3 is 0 Å². The highest BCUT2D eigenvalue weighted by Gasteiger charge is 2.14. The van der Waals surface area contributed by atoms with E-state index in [1.807, 2.05) is 0 Å². The SMILES string of the molecule is Brc1ccc2cc(OC3CCCNC3)ccc2c1. The lowest BCUT2D eigenvalue weighted by Crippen LogP contribution is -2.37. The van der Waals surface area contributed by atoms with Crippen molar-refractivity contribution in [3.05, 3.63) is 40.9 Å². The summed E-state index contributed by atoms with van der Waals surface area (Å²) in [7, 11) is 0. The van der Waals surface area contributed by atoms with Crippen molar-refractivity contribution >= 4 is 26.7 Å². The number of benzene rings is 2. The van der Waals surface area contributed by atoms with Gasteiger partial charge in [-0.05, 0) is 54.4 Å². The number of hydrogen-bond donors (Lipinski definition) is 1. The summed E-state index contributed by atoms with van der Waals surface area (Å²) in [5.41, 5.74) is 0. The number of ether oxygens (including phenoxy) is 1. The summed E-state index contributed by atoms with van der Waals surface area (Å²) >= 11 is 3.49. The number of fused-ring (bicyclic) bond motifs is 1. The molecule has 1 aliphatic rings. The van der Waals surface area contributed by atoms with Gasteiger partial charge in [0.1, 0.15) is 11.9 Å². The molecule has 1 aliphatic heterocycles. The molecule has 0 saturated carbocycles. The van der Waals surface area contributed by atoms with E-state index in [-0.39, 0.29) is 0 Å². The van der Waals surface area contributed by atoms with Crippen LogP contribution in [0, 0.1) is 0 Å². The van der Waals surface area contributed by atoms with Gasteiger partial charge in [0, 0.05) is 11.0 Å². The molecule has 3 heteroatoms. The Morgan fingerprint density at radius 3 is 2.78 bits per heavy atom. The number of piperidine rings is 1. The summed E-state index contributed by atoms with van der Waals surface area (Å²) < 4.78 is 7.13. The van der Waals surface area contributed by atoms with E-state index in [1.165, 1.54) is 17.2 Å². The van der Waals surface area contributed by atoms with Gasteiger partial charge in [-0.3, -0.25) is 0 Å². The Morgan fingerprint density at radius 2 is 1.94 bits per heavy atom. The molecule has 18 heavy (non-hydrogen) atoms. The minimum Gasteiger partial charge on any atom is -0.489 e. The van der Waals surface area contributed by atoms with Crippen LogP contribution in [0.1, 0.15) is 12.8 Å². The van der Waals surface area contributed by atoms with Crippen molar-refractivity contribution in [3.8, 4) is 5.75 Å². The molecule has 1 unspecified atom stereocenters. The standard InChI is InChI=1S/C15H16BrNO/c16-13-5-3-12-9-14(6-4-11(12)8-13)18-15-2-1-7-17-10-15/h3-6,8-9,15,17H,1-2,7,10H2. The van der Waals surface area contributed by atoms with Gasteiger partial charge in [-0.1, -0.05) is 28.1 Å². The summed E-state index contributed by atoms with van der Waals surface area (Å²) in [6.07, 6.45) is 2.66. The molecule has 0 radical (unpaired) electrons. The van der Waals surface area contributed by atoms with Gasteiger partial charge in [0.15, 0.2) is 0 Å². The van der Waals surface area contributed by atoms with Crippen LogP contribution in [-0.4, -0.2) is 19.2 Å². The average Bonchev–Trinajstić information content (AvgIpc) is 2.40. The first-order chi connectivity index (χ1) is 8.81. The minimum absolute atomic E-state index is 0.312. The minimum atomic E-state index is 0.312. The zero-order chi connectivity index (χ0) is 12.4. The Hall–Kier alpha value is -1.06. The molecule has 1 fully saturated rings. The van der Waals surface area contributed by atoms with Crippen LogP contribution < -0.4 is 10.1 Å². The quantitative estimate of drug-likeness (QED) is 0.913. The van der Waals surface area contributed by atoms with Crippen molar-refractivity contribution < 1.29 is 4.74 Å². The Balaban J connectivity index is 1.82. The van der Waals surface area contributed by atoms with Gasteiger partial charge in [-0.2, -0.15) is 0 Å². The van der Waals surface area contributed by atoms with Crippen LogP contribution in [0.25, 0.3) is 10.8 Å². The van der Waals surface area contributed by atoms with Crippen molar-refractivity contribution in [2.45, 2.75) is 18.9 Å². The van der Waals surface area contributed by atoms with E-state index in [4.69, 9.17) is 4.74 Å². The molecule has 2 aromatic rings. The number of hydrogen-bond acceptors (Lipinski definition) is 2. The van der Waals surface area contributed by atoms with Gasteiger partial charge < -0.3 is 10.1 Å². The largest absolute Gasteiger partial charge is 0.489 e. The molecule has 2 aromatic carbocycles. The van der Waals surface area contributed by atoms with E-state index < -0.39 is 0 Å². The number of nitrogens with one attached hydrogen (secondary N) is 1. The topological polar surface area (TPSA) is 21.3 Å².